The molecule has 136 valence electrons. The predicted octanol–water partition coefficient (Wildman–Crippen LogP) is 2.90. The number of esters is 1. The maximum Gasteiger partial charge on any atom is 0.351 e. The van der Waals surface area contributed by atoms with E-state index < -0.39 is 24.6 Å². The summed E-state index contributed by atoms with van der Waals surface area (Å²) >= 11 is 6.11. The molecule has 0 saturated heterocycles. The van der Waals surface area contributed by atoms with Crippen molar-refractivity contribution in [3.63, 3.8) is 0 Å². The minimum Gasteiger partial charge on any atom is -0.485 e. The standard InChI is InChI=1S/C19H18ClNO5/c1-12(13-6-2-3-7-14(13)20)21-18(22)11-25-19(23)17-10-24-15-8-4-5-9-16(15)26-17/h2-9,12,17H,10-11H2,1H3,(H,21,22)/t12-,17+/m1/s1. The van der Waals surface area contributed by atoms with Crippen LogP contribution in [0.1, 0.15) is 18.5 Å². The molecule has 2 atom stereocenters. The second-order valence-electron chi connectivity index (χ2n) is 5.78. The van der Waals surface area contributed by atoms with Gasteiger partial charge >= 0.3 is 5.97 Å². The van der Waals surface area contributed by atoms with Gasteiger partial charge in [0.05, 0.1) is 6.04 Å². The van der Waals surface area contributed by atoms with E-state index in [2.05, 4.69) is 5.32 Å². The molecular formula is C19H18ClNO5. The average molecular weight is 376 g/mol. The Balaban J connectivity index is 1.49. The van der Waals surface area contributed by atoms with Crippen molar-refractivity contribution in [2.45, 2.75) is 19.1 Å². The number of halogens is 1. The number of hydrogen-bond acceptors (Lipinski definition) is 5. The van der Waals surface area contributed by atoms with Gasteiger partial charge in [0.25, 0.3) is 5.91 Å². The van der Waals surface area contributed by atoms with Gasteiger partial charge in [-0.1, -0.05) is 41.9 Å². The number of ether oxygens (including phenoxy) is 3. The summed E-state index contributed by atoms with van der Waals surface area (Å²) in [7, 11) is 0. The summed E-state index contributed by atoms with van der Waals surface area (Å²) in [6.45, 7) is 1.43. The molecule has 0 aromatic heterocycles. The number of hydrogen-bond donors (Lipinski definition) is 1. The Bertz CT molecular complexity index is 810. The molecule has 1 amide bonds. The Morgan fingerprint density at radius 1 is 1.19 bits per heavy atom. The second kappa shape index (κ2) is 8.10. The summed E-state index contributed by atoms with van der Waals surface area (Å²) in [6, 6.07) is 13.9. The van der Waals surface area contributed by atoms with Crippen LogP contribution in [-0.4, -0.2) is 31.2 Å². The molecule has 3 rings (SSSR count). The Morgan fingerprint density at radius 3 is 2.65 bits per heavy atom. The molecule has 0 saturated carbocycles. The van der Waals surface area contributed by atoms with Gasteiger partial charge in [0.15, 0.2) is 18.1 Å². The minimum atomic E-state index is -0.904. The van der Waals surface area contributed by atoms with Crippen LogP contribution in [0.4, 0.5) is 0 Å². The lowest BCUT2D eigenvalue weighted by molar-refractivity contribution is -0.157. The van der Waals surface area contributed by atoms with Gasteiger partial charge in [-0.2, -0.15) is 0 Å². The van der Waals surface area contributed by atoms with Gasteiger partial charge in [-0.15, -0.1) is 0 Å². The fraction of sp³-hybridized carbons (Fsp3) is 0.263. The third kappa shape index (κ3) is 4.26. The van der Waals surface area contributed by atoms with Gasteiger partial charge in [-0.3, -0.25) is 4.79 Å². The van der Waals surface area contributed by atoms with Gasteiger partial charge in [-0.25, -0.2) is 4.79 Å². The number of fused-ring (bicyclic) bond motifs is 1. The molecule has 26 heavy (non-hydrogen) atoms. The third-order valence-corrected chi connectivity index (χ3v) is 4.21. The number of nitrogens with one attached hydrogen (secondary N) is 1. The zero-order valence-corrected chi connectivity index (χ0v) is 14.9. The van der Waals surface area contributed by atoms with Crippen molar-refractivity contribution >= 4 is 23.5 Å². The highest BCUT2D eigenvalue weighted by Crippen LogP contribution is 2.31. The zero-order chi connectivity index (χ0) is 18.5. The lowest BCUT2D eigenvalue weighted by Crippen LogP contribution is -2.40. The molecule has 6 nitrogen and oxygen atoms in total. The molecule has 0 aliphatic carbocycles. The van der Waals surface area contributed by atoms with Crippen LogP contribution in [-0.2, 0) is 14.3 Å². The highest BCUT2D eigenvalue weighted by Gasteiger charge is 2.29. The largest absolute Gasteiger partial charge is 0.485 e. The van der Waals surface area contributed by atoms with Gasteiger partial charge in [0.2, 0.25) is 6.10 Å². The first kappa shape index (κ1) is 18.1. The maximum atomic E-state index is 12.1. The van der Waals surface area contributed by atoms with Crippen LogP contribution in [0.2, 0.25) is 5.02 Å². The van der Waals surface area contributed by atoms with Crippen molar-refractivity contribution in [2.24, 2.45) is 0 Å². The summed E-state index contributed by atoms with van der Waals surface area (Å²) in [5.74, 6) is -0.0386. The van der Waals surface area contributed by atoms with Crippen LogP contribution >= 0.6 is 11.6 Å². The van der Waals surface area contributed by atoms with E-state index in [1.165, 1.54) is 0 Å². The minimum absolute atomic E-state index is 0.0352. The molecule has 0 fully saturated rings. The van der Waals surface area contributed by atoms with E-state index in [1.54, 1.807) is 31.2 Å². The number of carbonyl (C=O) groups is 2. The molecule has 2 aromatic rings. The van der Waals surface area contributed by atoms with Crippen molar-refractivity contribution in [1.29, 1.82) is 0 Å². The summed E-state index contributed by atoms with van der Waals surface area (Å²) in [4.78, 5) is 24.1. The van der Waals surface area contributed by atoms with Crippen molar-refractivity contribution in [1.82, 2.24) is 5.32 Å². The summed E-state index contributed by atoms with van der Waals surface area (Å²) in [6.07, 6.45) is -0.904. The Morgan fingerprint density at radius 2 is 1.88 bits per heavy atom. The smallest absolute Gasteiger partial charge is 0.351 e. The summed E-state index contributed by atoms with van der Waals surface area (Å²) < 4.78 is 16.0. The van der Waals surface area contributed by atoms with E-state index in [1.807, 2.05) is 24.3 Å². The first-order chi connectivity index (χ1) is 12.5. The Kier molecular flexibility index (Phi) is 5.63. The second-order valence-corrected chi connectivity index (χ2v) is 6.19. The highest BCUT2D eigenvalue weighted by molar-refractivity contribution is 6.31. The molecular weight excluding hydrogens is 358 g/mol. The molecule has 0 radical (unpaired) electrons. The van der Waals surface area contributed by atoms with Gasteiger partial charge < -0.3 is 19.5 Å². The fourth-order valence-electron chi connectivity index (χ4n) is 2.55. The molecule has 0 unspecified atom stereocenters. The Labute approximate surface area is 156 Å². The molecule has 2 aromatic carbocycles. The van der Waals surface area contributed by atoms with Gasteiger partial charge in [0, 0.05) is 5.02 Å². The van der Waals surface area contributed by atoms with Gasteiger partial charge in [0.1, 0.15) is 6.61 Å². The van der Waals surface area contributed by atoms with Crippen molar-refractivity contribution in [2.75, 3.05) is 13.2 Å². The summed E-state index contributed by atoms with van der Waals surface area (Å²) in [5.41, 5.74) is 0.787. The van der Waals surface area contributed by atoms with E-state index in [0.29, 0.717) is 16.5 Å². The first-order valence-electron chi connectivity index (χ1n) is 8.13. The highest BCUT2D eigenvalue weighted by atomic mass is 35.5. The van der Waals surface area contributed by atoms with E-state index in [9.17, 15) is 9.59 Å². The normalized spacial score (nSPS) is 16.5. The zero-order valence-electron chi connectivity index (χ0n) is 14.1. The van der Waals surface area contributed by atoms with E-state index >= 15 is 0 Å². The number of para-hydroxylation sites is 2. The SMILES string of the molecule is C[C@@H](NC(=O)COC(=O)[C@@H]1COc2ccccc2O1)c1ccccc1Cl. The molecule has 1 heterocycles. The monoisotopic (exact) mass is 375 g/mol. The number of carbonyl (C=O) groups excluding carboxylic acids is 2. The molecule has 1 aliphatic heterocycles. The van der Waals surface area contributed by atoms with Crippen LogP contribution in [0.5, 0.6) is 11.5 Å². The molecule has 0 spiro atoms. The fourth-order valence-corrected chi connectivity index (χ4v) is 2.85. The lowest BCUT2D eigenvalue weighted by atomic mass is 10.1. The van der Waals surface area contributed by atoms with Crippen molar-refractivity contribution in [3.05, 3.63) is 59.1 Å². The average Bonchev–Trinajstić information content (AvgIpc) is 2.66. The van der Waals surface area contributed by atoms with Crippen molar-refractivity contribution < 1.29 is 23.8 Å². The van der Waals surface area contributed by atoms with Crippen LogP contribution < -0.4 is 14.8 Å². The molecule has 1 N–H and O–H groups in total. The predicted molar refractivity (Wildman–Crippen MR) is 95.3 cm³/mol. The maximum absolute atomic E-state index is 12.1. The molecule has 0 bridgehead atoms. The quantitative estimate of drug-likeness (QED) is 0.813. The Hall–Kier alpha value is -2.73. The van der Waals surface area contributed by atoms with Crippen LogP contribution in [0.25, 0.3) is 0 Å². The van der Waals surface area contributed by atoms with E-state index in [-0.39, 0.29) is 12.6 Å². The topological polar surface area (TPSA) is 73.9 Å². The number of rotatable bonds is 5. The van der Waals surface area contributed by atoms with Crippen LogP contribution in [0.15, 0.2) is 48.5 Å². The summed E-state index contributed by atoms with van der Waals surface area (Å²) in [5, 5.41) is 3.30. The van der Waals surface area contributed by atoms with Crippen LogP contribution in [0.3, 0.4) is 0 Å². The molecule has 1 aliphatic rings. The van der Waals surface area contributed by atoms with Crippen LogP contribution in [0, 0.1) is 0 Å². The number of benzene rings is 2. The lowest BCUT2D eigenvalue weighted by Gasteiger charge is -2.25. The first-order valence-corrected chi connectivity index (χ1v) is 8.51. The third-order valence-electron chi connectivity index (χ3n) is 3.87. The number of amides is 1. The van der Waals surface area contributed by atoms with E-state index in [0.717, 1.165) is 5.56 Å². The van der Waals surface area contributed by atoms with Gasteiger partial charge in [-0.05, 0) is 30.7 Å². The van der Waals surface area contributed by atoms with E-state index in [4.69, 9.17) is 25.8 Å². The molecule has 7 heteroatoms. The van der Waals surface area contributed by atoms with Crippen molar-refractivity contribution in [3.8, 4) is 11.5 Å².